The first-order valence-corrected chi connectivity index (χ1v) is 43.6. The summed E-state index contributed by atoms with van der Waals surface area (Å²) in [5.74, 6) is -24.3. The Hall–Kier alpha value is -13.4. The van der Waals surface area contributed by atoms with E-state index in [2.05, 4.69) is 99.7 Å². The summed E-state index contributed by atoms with van der Waals surface area (Å²) in [5, 5.41) is 87.4. The minimum absolute atomic E-state index is 0.0196. The van der Waals surface area contributed by atoms with Crippen LogP contribution >= 0.6 is 0 Å². The van der Waals surface area contributed by atoms with Crippen LogP contribution in [-0.4, -0.2) is 274 Å². The first kappa shape index (κ1) is 111. The van der Waals surface area contributed by atoms with Crippen LogP contribution in [0.15, 0.2) is 85.7 Å². The Kier molecular flexibility index (Phi) is 47.9. The van der Waals surface area contributed by atoms with Gasteiger partial charge in [0.2, 0.25) is 88.6 Å². The number of unbranched alkanes of at least 4 members (excludes halogenated alkanes) is 2. The quantitative estimate of drug-likeness (QED) is 0.0186. The second kappa shape index (κ2) is 56.9. The highest BCUT2D eigenvalue weighted by molar-refractivity contribution is 6.02. The zero-order valence-corrected chi connectivity index (χ0v) is 75.7. The van der Waals surface area contributed by atoms with Gasteiger partial charge in [-0.15, -0.1) is 0 Å². The number of carbonyl (C=O) groups is 19. The number of benzene rings is 2. The molecule has 46 heteroatoms. The van der Waals surface area contributed by atoms with Crippen molar-refractivity contribution >= 4 is 112 Å². The number of hydrogen-bond donors (Lipinski definition) is 25. The van der Waals surface area contributed by atoms with Gasteiger partial charge in [0.05, 0.1) is 62.0 Å². The fraction of sp³-hybridized carbons (Fsp3) is 0.570. The van der Waals surface area contributed by atoms with Gasteiger partial charge in [-0.1, -0.05) is 122 Å². The van der Waals surface area contributed by atoms with Crippen LogP contribution in [0.5, 0.6) is 0 Å². The minimum Gasteiger partial charge on any atom is -0.481 e. The number of imidazole rings is 2. The van der Waals surface area contributed by atoms with E-state index in [1.807, 2.05) is 0 Å². The Bertz CT molecular complexity index is 4490. The average Bonchev–Trinajstić information content (AvgIpc) is 1.31. The number of hydrogen-bond acceptors (Lipinski definition) is 25. The molecule has 46 nitrogen and oxygen atoms in total. The minimum atomic E-state index is -2.05. The standard InChI is InChI=1S/C86H130N22O24/c1-11-47(8)69(89)83(128)104-60(35-53-40-91-43-94-53)79(124)103-62(37-67(113)114)80(125)101-59(34-52-39-90-42-93-52)78(123)100-58(32-50-22-14-12-15-23-50)77(122)99-57(31-45(4)5)76(121)102-61(36-66(111)112)73(118)92-41-65(110)96-56(30-44(2)3)81(126)108-71(49(10)109)85(130)105-63(38-68(115)116)82(127)107-70(46(6)7)84(129)95-48(9)72(117)97-54(26-18-20-28-87)74(119)98-55(27-19-21-29-88)75(120)106-64(86(131)132)33-51-24-16-13-17-25-51/h12-17,22-25,39-40,42-49,54-64,69-71,109H,11,18-21,26-38,41,87-89H2,1-10H3,(H,90,93)(H,91,94)(H,92,118)(H,95,129)(H,96,110)(H,97,117)(H,98,119)(H,99,122)(H,100,123)(H,101,125)(H,102,121)(H,103,124)(H,104,128)(H,105,130)(H,106,120)(H,107,127)(H,108,126)(H,111,112)(H,113,114)(H,115,116)(H,131,132)/t47-,48-,49+,54-,55-,56-,57-,58-,59-,60-,61-,62-,63-,64-,69-,70-,71-/m0/s1. The number of nitrogens with zero attached hydrogens (tertiary/aromatic N) is 2. The summed E-state index contributed by atoms with van der Waals surface area (Å²) < 4.78 is 0. The zero-order chi connectivity index (χ0) is 98.6. The maximum atomic E-state index is 14.8. The highest BCUT2D eigenvalue weighted by atomic mass is 16.4. The maximum absolute atomic E-state index is 14.8. The largest absolute Gasteiger partial charge is 0.481 e. The topological polar surface area (TPSA) is 741 Å². The summed E-state index contributed by atoms with van der Waals surface area (Å²) in [4.78, 5) is 275. The number of carboxylic acid groups (broad SMARTS) is 4. The van der Waals surface area contributed by atoms with Crippen molar-refractivity contribution in [2.75, 3.05) is 19.6 Å². The van der Waals surface area contributed by atoms with E-state index in [0.717, 1.165) is 6.92 Å². The highest BCUT2D eigenvalue weighted by Crippen LogP contribution is 2.17. The molecule has 28 N–H and O–H groups in total. The number of H-pyrrole nitrogens is 2. The molecule has 0 unspecified atom stereocenters. The third-order valence-corrected chi connectivity index (χ3v) is 21.0. The summed E-state index contributed by atoms with van der Waals surface area (Å²) in [6, 6.07) is -7.58. The van der Waals surface area contributed by atoms with E-state index in [0.29, 0.717) is 43.2 Å². The van der Waals surface area contributed by atoms with Gasteiger partial charge in [-0.3, -0.25) is 86.3 Å². The predicted molar refractivity (Wildman–Crippen MR) is 474 cm³/mol. The molecule has 17 atom stereocenters. The van der Waals surface area contributed by atoms with Crippen LogP contribution in [0, 0.1) is 23.7 Å². The molecule has 0 bridgehead atoms. The first-order valence-electron chi connectivity index (χ1n) is 43.6. The fourth-order valence-corrected chi connectivity index (χ4v) is 13.4. The Balaban J connectivity index is 1.50. The molecular formula is C86H130N22O24. The summed E-state index contributed by atoms with van der Waals surface area (Å²) in [7, 11) is 0. The number of aromatic nitrogens is 4. The van der Waals surface area contributed by atoms with E-state index < -0.39 is 259 Å². The van der Waals surface area contributed by atoms with E-state index in [1.165, 1.54) is 45.8 Å². The lowest BCUT2D eigenvalue weighted by Gasteiger charge is -2.29. The predicted octanol–water partition coefficient (Wildman–Crippen LogP) is -4.40. The number of rotatable bonds is 61. The van der Waals surface area contributed by atoms with Gasteiger partial charge in [-0.2, -0.15) is 0 Å². The van der Waals surface area contributed by atoms with E-state index in [4.69, 9.17) is 17.2 Å². The molecule has 0 radical (unpaired) electrons. The van der Waals surface area contributed by atoms with Crippen molar-refractivity contribution in [2.45, 2.75) is 269 Å². The lowest BCUT2D eigenvalue weighted by Crippen LogP contribution is -2.62. The lowest BCUT2D eigenvalue weighted by atomic mass is 9.98. The van der Waals surface area contributed by atoms with Gasteiger partial charge in [-0.05, 0) is 113 Å². The Morgan fingerprint density at radius 2 is 0.712 bits per heavy atom. The Morgan fingerprint density at radius 3 is 1.12 bits per heavy atom. The summed E-state index contributed by atoms with van der Waals surface area (Å²) in [6.07, 6.45) is 0.705. The van der Waals surface area contributed by atoms with Crippen LogP contribution in [0.3, 0.4) is 0 Å². The van der Waals surface area contributed by atoms with Crippen molar-refractivity contribution in [3.05, 3.63) is 108 Å². The van der Waals surface area contributed by atoms with Gasteiger partial charge in [0.1, 0.15) is 84.6 Å². The smallest absolute Gasteiger partial charge is 0.326 e. The lowest BCUT2D eigenvalue weighted by molar-refractivity contribution is -0.142. The first-order chi connectivity index (χ1) is 62.3. The fourth-order valence-electron chi connectivity index (χ4n) is 13.4. The van der Waals surface area contributed by atoms with Crippen molar-refractivity contribution in [3.63, 3.8) is 0 Å². The van der Waals surface area contributed by atoms with Crippen LogP contribution in [0.1, 0.15) is 169 Å². The number of aliphatic hydroxyl groups is 1. The van der Waals surface area contributed by atoms with Crippen molar-refractivity contribution in [3.8, 4) is 0 Å². The second-order valence-corrected chi connectivity index (χ2v) is 33.4. The maximum Gasteiger partial charge on any atom is 0.326 e. The normalized spacial score (nSPS) is 15.1. The average molecular weight is 1860 g/mol. The molecular weight excluding hydrogens is 1730 g/mol. The molecule has 0 saturated carbocycles. The Morgan fingerprint density at radius 1 is 0.371 bits per heavy atom. The molecule has 0 aliphatic carbocycles. The Labute approximate surface area is 763 Å². The SMILES string of the molecule is CC[C@H](C)[C@H](N)C(=O)N[C@@H](Cc1c[nH]cn1)C(=O)N[C@@H](CC(=O)O)C(=O)N[C@@H](Cc1c[nH]cn1)C(=O)N[C@@H](Cc1ccccc1)C(=O)N[C@@H](CC(C)C)C(=O)N[C@@H](CC(=O)O)C(=O)NCC(=O)N[C@@H](CC(C)C)C(=O)N[C@H](C(=O)N[C@@H](CC(=O)O)C(=O)N[C@H](C(=O)N[C@@H](C)C(=O)N[C@@H](CCCCN)C(=O)N[C@@H](CCCCN)C(=O)N[C@@H](Cc1ccccc1)C(=O)O)C(C)C)[C@@H](C)O. The molecule has 0 saturated heterocycles. The van der Waals surface area contributed by atoms with Crippen molar-refractivity contribution in [1.82, 2.24) is 99.7 Å². The zero-order valence-electron chi connectivity index (χ0n) is 75.7. The van der Waals surface area contributed by atoms with Crippen LogP contribution in [0.25, 0.3) is 0 Å². The molecule has 728 valence electrons. The molecule has 2 aromatic heterocycles. The molecule has 0 spiro atoms. The molecule has 4 rings (SSSR count). The highest BCUT2D eigenvalue weighted by Gasteiger charge is 2.41. The van der Waals surface area contributed by atoms with Crippen molar-refractivity contribution in [2.24, 2.45) is 40.9 Å². The van der Waals surface area contributed by atoms with Gasteiger partial charge >= 0.3 is 23.9 Å². The number of aliphatic hydroxyl groups excluding tert-OH is 1. The molecule has 0 aliphatic rings. The van der Waals surface area contributed by atoms with Crippen molar-refractivity contribution < 1.29 is 117 Å². The van der Waals surface area contributed by atoms with E-state index in [1.54, 1.807) is 102 Å². The van der Waals surface area contributed by atoms with E-state index >= 15 is 0 Å². The third kappa shape index (κ3) is 39.9. The summed E-state index contributed by atoms with van der Waals surface area (Å²) in [5.41, 5.74) is 19.1. The number of nitrogens with one attached hydrogen (secondary N) is 17. The van der Waals surface area contributed by atoms with Crippen LogP contribution in [0.4, 0.5) is 0 Å². The molecule has 2 aromatic carbocycles. The second-order valence-electron chi connectivity index (χ2n) is 33.4. The van der Waals surface area contributed by atoms with Gasteiger partial charge in [0.25, 0.3) is 0 Å². The molecule has 0 fully saturated rings. The van der Waals surface area contributed by atoms with Crippen LogP contribution in [-0.2, 0) is 117 Å². The number of aromatic amines is 2. The van der Waals surface area contributed by atoms with Crippen molar-refractivity contribution in [1.29, 1.82) is 0 Å². The number of carbonyl (C=O) groups excluding carboxylic acids is 15. The number of amides is 15. The summed E-state index contributed by atoms with van der Waals surface area (Å²) in [6.45, 7) is 14.7. The van der Waals surface area contributed by atoms with Crippen LogP contribution in [0.2, 0.25) is 0 Å². The van der Waals surface area contributed by atoms with Crippen LogP contribution < -0.4 is 97.0 Å². The van der Waals surface area contributed by atoms with E-state index in [-0.39, 0.29) is 75.3 Å². The summed E-state index contributed by atoms with van der Waals surface area (Å²) >= 11 is 0. The monoisotopic (exact) mass is 1850 g/mol. The van der Waals surface area contributed by atoms with Gasteiger partial charge in [0, 0.05) is 38.1 Å². The number of aliphatic carboxylic acids is 4. The number of carboxylic acids is 4. The van der Waals surface area contributed by atoms with Gasteiger partial charge in [-0.25, -0.2) is 14.8 Å². The van der Waals surface area contributed by atoms with E-state index in [9.17, 15) is 117 Å². The third-order valence-electron chi connectivity index (χ3n) is 21.0. The number of nitrogens with two attached hydrogens (primary N) is 3. The molecule has 132 heavy (non-hydrogen) atoms. The molecule has 0 aliphatic heterocycles. The molecule has 15 amide bonds. The van der Waals surface area contributed by atoms with Gasteiger partial charge in [0.15, 0.2) is 0 Å². The molecule has 4 aromatic rings. The van der Waals surface area contributed by atoms with Gasteiger partial charge < -0.3 is 132 Å². The molecule has 2 heterocycles.